The number of rotatable bonds is 7. The minimum atomic E-state index is -4.63. The number of fused-ring (bicyclic) bond motifs is 1. The Balaban J connectivity index is 1.42. The Labute approximate surface area is 203 Å². The van der Waals surface area contributed by atoms with Gasteiger partial charge in [-0.1, -0.05) is 24.9 Å². The summed E-state index contributed by atoms with van der Waals surface area (Å²) in [5.41, 5.74) is -0.450. The third-order valence-electron chi connectivity index (χ3n) is 5.78. The summed E-state index contributed by atoms with van der Waals surface area (Å²) < 4.78 is 41.2. The Morgan fingerprint density at radius 2 is 1.91 bits per heavy atom. The highest BCUT2D eigenvalue weighted by molar-refractivity contribution is 7.13. The van der Waals surface area contributed by atoms with Gasteiger partial charge in [0.1, 0.15) is 11.5 Å². The zero-order chi connectivity index (χ0) is 24.5. The number of imidazole rings is 1. The van der Waals surface area contributed by atoms with Crippen LogP contribution in [0.2, 0.25) is 5.02 Å². The van der Waals surface area contributed by atoms with Gasteiger partial charge in [-0.05, 0) is 18.9 Å². The first-order chi connectivity index (χ1) is 16.1. The molecule has 0 saturated heterocycles. The highest BCUT2D eigenvalue weighted by atomic mass is 35.5. The molecule has 34 heavy (non-hydrogen) atoms. The fourth-order valence-electron chi connectivity index (χ4n) is 3.98. The number of hydrogen-bond acceptors (Lipinski definition) is 6. The van der Waals surface area contributed by atoms with E-state index in [2.05, 4.69) is 15.0 Å². The van der Waals surface area contributed by atoms with E-state index in [1.54, 1.807) is 6.20 Å². The monoisotopic (exact) mass is 510 g/mol. The highest BCUT2D eigenvalue weighted by Crippen LogP contribution is 2.35. The van der Waals surface area contributed by atoms with Crippen molar-refractivity contribution < 1.29 is 22.8 Å². The predicted molar refractivity (Wildman–Crippen MR) is 122 cm³/mol. The van der Waals surface area contributed by atoms with Crippen molar-refractivity contribution in [1.82, 2.24) is 19.5 Å². The van der Waals surface area contributed by atoms with Crippen LogP contribution in [0.25, 0.3) is 0 Å². The molecule has 0 amide bonds. The first kappa shape index (κ1) is 24.5. The molecular formula is C23H22ClF3N4O2S. The van der Waals surface area contributed by atoms with Crippen LogP contribution in [0.3, 0.4) is 0 Å². The number of carbonyl (C=O) groups is 2. The molecule has 4 heterocycles. The van der Waals surface area contributed by atoms with Gasteiger partial charge in [0, 0.05) is 43.4 Å². The lowest BCUT2D eigenvalue weighted by Crippen LogP contribution is -2.13. The van der Waals surface area contributed by atoms with E-state index in [9.17, 15) is 22.8 Å². The molecule has 1 aliphatic heterocycles. The van der Waals surface area contributed by atoms with Crippen LogP contribution < -0.4 is 0 Å². The Kier molecular flexibility index (Phi) is 7.18. The van der Waals surface area contributed by atoms with Crippen molar-refractivity contribution >= 4 is 34.5 Å². The maximum Gasteiger partial charge on any atom is 0.417 e. The van der Waals surface area contributed by atoms with Crippen molar-refractivity contribution in [2.75, 3.05) is 0 Å². The largest absolute Gasteiger partial charge is 0.417 e. The second kappa shape index (κ2) is 9.95. The van der Waals surface area contributed by atoms with Crippen molar-refractivity contribution in [2.24, 2.45) is 0 Å². The molecule has 0 unspecified atom stereocenters. The summed E-state index contributed by atoms with van der Waals surface area (Å²) in [4.78, 5) is 38.4. The van der Waals surface area contributed by atoms with Crippen LogP contribution >= 0.6 is 22.9 Å². The van der Waals surface area contributed by atoms with Crippen LogP contribution in [0.4, 0.5) is 13.2 Å². The molecule has 0 bridgehead atoms. The zero-order valence-electron chi connectivity index (χ0n) is 18.4. The molecule has 3 aromatic heterocycles. The normalized spacial score (nSPS) is 15.0. The van der Waals surface area contributed by atoms with Gasteiger partial charge in [0.2, 0.25) is 0 Å². The van der Waals surface area contributed by atoms with Gasteiger partial charge in [0.15, 0.2) is 11.6 Å². The lowest BCUT2D eigenvalue weighted by Gasteiger charge is -2.10. The molecule has 1 aliphatic rings. The molecule has 0 radical (unpaired) electrons. The van der Waals surface area contributed by atoms with Gasteiger partial charge < -0.3 is 4.57 Å². The summed E-state index contributed by atoms with van der Waals surface area (Å²) in [6.07, 6.45) is 3.29. The third-order valence-corrected chi connectivity index (χ3v) is 7.35. The average Bonchev–Trinajstić information content (AvgIpc) is 3.36. The molecule has 6 nitrogen and oxygen atoms in total. The zero-order valence-corrected chi connectivity index (χ0v) is 19.9. The Bertz CT molecular complexity index is 1220. The molecule has 11 heteroatoms. The smallest absolute Gasteiger partial charge is 0.326 e. The quantitative estimate of drug-likeness (QED) is 0.368. The number of nitrogens with zero attached hydrogens (tertiary/aromatic N) is 4. The van der Waals surface area contributed by atoms with Gasteiger partial charge in [0.25, 0.3) is 0 Å². The number of ketones is 2. The molecule has 0 fully saturated rings. The number of alkyl halides is 3. The fourth-order valence-corrected chi connectivity index (χ4v) is 5.09. The number of pyridine rings is 1. The first-order valence-electron chi connectivity index (χ1n) is 10.9. The van der Waals surface area contributed by atoms with E-state index in [4.69, 9.17) is 11.6 Å². The summed E-state index contributed by atoms with van der Waals surface area (Å²) in [5, 5.41) is 0.102. The maximum atomic E-state index is 13.1. The second-order valence-corrected chi connectivity index (χ2v) is 9.84. The highest BCUT2D eigenvalue weighted by Gasteiger charge is 2.34. The van der Waals surface area contributed by atoms with E-state index < -0.39 is 22.5 Å². The van der Waals surface area contributed by atoms with Crippen molar-refractivity contribution in [3.8, 4) is 0 Å². The van der Waals surface area contributed by atoms with Gasteiger partial charge >= 0.3 is 6.18 Å². The Hall–Kier alpha value is -2.59. The molecule has 0 spiro atoms. The van der Waals surface area contributed by atoms with Gasteiger partial charge in [-0.3, -0.25) is 14.6 Å². The van der Waals surface area contributed by atoms with Crippen LogP contribution in [0.15, 0.2) is 24.7 Å². The molecular weight excluding hydrogens is 489 g/mol. The molecule has 0 N–H and O–H groups in total. The van der Waals surface area contributed by atoms with Crippen molar-refractivity contribution in [3.63, 3.8) is 0 Å². The fraction of sp³-hybridized carbons (Fsp3) is 0.435. The average molecular weight is 511 g/mol. The van der Waals surface area contributed by atoms with E-state index in [-0.39, 0.29) is 30.2 Å². The Morgan fingerprint density at radius 3 is 2.68 bits per heavy atom. The number of thiazole rings is 1. The van der Waals surface area contributed by atoms with Crippen LogP contribution in [-0.4, -0.2) is 31.1 Å². The van der Waals surface area contributed by atoms with Gasteiger partial charge in [-0.2, -0.15) is 13.2 Å². The molecule has 3 aromatic rings. The molecule has 0 aliphatic carbocycles. The van der Waals surface area contributed by atoms with Crippen molar-refractivity contribution in [3.05, 3.63) is 62.3 Å². The standard InChI is InChI=1S/C23H22ClF3N4O2S/c1-13(7-18(32)17-11-29-21-5-3-2-4-6-31(17)21)22-30-12-20(34-22)19(33)9-14-8-15(23(25,26)27)16(24)10-28-14/h8,10-13H,2-7,9H2,1H3/t13-/m0/s1. The van der Waals surface area contributed by atoms with Crippen LogP contribution in [-0.2, 0) is 25.6 Å². The third kappa shape index (κ3) is 5.38. The van der Waals surface area contributed by atoms with Crippen molar-refractivity contribution in [2.45, 2.75) is 64.1 Å². The SMILES string of the molecule is C[C@@H](CC(=O)c1cnc2n1CCCCC2)c1ncc(C(=O)Cc2cc(C(F)(F)F)c(Cl)cn2)s1. The number of carbonyl (C=O) groups excluding carboxylic acids is 2. The molecule has 4 rings (SSSR count). The number of aromatic nitrogens is 4. The van der Waals surface area contributed by atoms with E-state index in [0.717, 1.165) is 61.7 Å². The van der Waals surface area contributed by atoms with Crippen molar-refractivity contribution in [1.29, 1.82) is 0 Å². The number of Topliss-reactive ketones (excluding diaryl/α,β-unsaturated/α-hetero) is 2. The Morgan fingerprint density at radius 1 is 1.12 bits per heavy atom. The summed E-state index contributed by atoms with van der Waals surface area (Å²) in [6.45, 7) is 2.65. The maximum absolute atomic E-state index is 13.1. The van der Waals surface area contributed by atoms with Crippen LogP contribution in [0, 0.1) is 0 Å². The lowest BCUT2D eigenvalue weighted by molar-refractivity contribution is -0.137. The topological polar surface area (TPSA) is 77.7 Å². The summed E-state index contributed by atoms with van der Waals surface area (Å²) in [7, 11) is 0. The summed E-state index contributed by atoms with van der Waals surface area (Å²) >= 11 is 6.73. The van der Waals surface area contributed by atoms with Gasteiger partial charge in [-0.15, -0.1) is 11.3 Å². The first-order valence-corrected chi connectivity index (χ1v) is 12.1. The predicted octanol–water partition coefficient (Wildman–Crippen LogP) is 5.94. The van der Waals surface area contributed by atoms with E-state index in [1.165, 1.54) is 6.20 Å². The van der Waals surface area contributed by atoms with Crippen LogP contribution in [0.5, 0.6) is 0 Å². The number of hydrogen-bond donors (Lipinski definition) is 0. The lowest BCUT2D eigenvalue weighted by atomic mass is 10.0. The summed E-state index contributed by atoms with van der Waals surface area (Å²) in [5.74, 6) is 0.300. The number of halogens is 4. The van der Waals surface area contributed by atoms with Gasteiger partial charge in [0.05, 0.1) is 33.1 Å². The van der Waals surface area contributed by atoms with E-state index in [0.29, 0.717) is 15.6 Å². The van der Waals surface area contributed by atoms with Crippen LogP contribution in [0.1, 0.15) is 80.8 Å². The minimum absolute atomic E-state index is 0.0266. The van der Waals surface area contributed by atoms with Gasteiger partial charge in [-0.25, -0.2) is 9.97 Å². The second-order valence-electron chi connectivity index (χ2n) is 8.37. The molecule has 0 saturated carbocycles. The molecule has 180 valence electrons. The number of aryl methyl sites for hydroxylation is 1. The molecule has 0 aromatic carbocycles. The van der Waals surface area contributed by atoms with E-state index >= 15 is 0 Å². The van der Waals surface area contributed by atoms with E-state index in [1.807, 2.05) is 11.5 Å². The minimum Gasteiger partial charge on any atom is -0.326 e. The molecule has 1 atom stereocenters. The summed E-state index contributed by atoms with van der Waals surface area (Å²) in [6, 6.07) is 0.790.